The van der Waals surface area contributed by atoms with Crippen molar-refractivity contribution in [3.05, 3.63) is 224 Å². The van der Waals surface area contributed by atoms with Crippen molar-refractivity contribution < 1.29 is 4.42 Å². The molecule has 0 N–H and O–H groups in total. The third-order valence-electron chi connectivity index (χ3n) is 12.0. The van der Waals surface area contributed by atoms with Gasteiger partial charge in [-0.2, -0.15) is 0 Å². The molecule has 0 radical (unpaired) electrons. The molecule has 0 aliphatic carbocycles. The highest BCUT2D eigenvalue weighted by atomic mass is 16.3. The first kappa shape index (κ1) is 35.6. The van der Waals surface area contributed by atoms with Crippen LogP contribution in [0.25, 0.3) is 99.3 Å². The average molecular weight is 792 g/mol. The standard InChI is InChI=1S/C58H37N3O/c1-5-15-38(16-6-1)39-29-32-46(33-30-39)61(45-21-11-4-12-22-45)51-36-34-47(54-48-23-13-14-24-52(48)62-58(51)54)44-28-26-40-25-27-41-31-35-50-57(53(41)49(40)37-44)60-56(43-19-9-3-10-20-43)55(59-50)42-17-7-2-8-18-42/h1-37H. The normalized spacial score (nSPS) is 11.5. The van der Waals surface area contributed by atoms with Crippen molar-refractivity contribution in [2.75, 3.05) is 4.90 Å². The number of para-hydroxylation sites is 2. The Morgan fingerprint density at radius 1 is 0.371 bits per heavy atom. The van der Waals surface area contributed by atoms with E-state index in [1.54, 1.807) is 0 Å². The van der Waals surface area contributed by atoms with Crippen LogP contribution < -0.4 is 4.90 Å². The molecule has 0 atom stereocenters. The van der Waals surface area contributed by atoms with Crippen LogP contribution in [0.4, 0.5) is 17.1 Å². The van der Waals surface area contributed by atoms with Crippen LogP contribution in [0, 0.1) is 0 Å². The molecule has 4 heteroatoms. The van der Waals surface area contributed by atoms with Gasteiger partial charge in [0.2, 0.25) is 0 Å². The van der Waals surface area contributed by atoms with E-state index in [4.69, 9.17) is 14.4 Å². The van der Waals surface area contributed by atoms with Crippen LogP contribution in [0.1, 0.15) is 0 Å². The van der Waals surface area contributed by atoms with Crippen LogP contribution in [0.2, 0.25) is 0 Å². The van der Waals surface area contributed by atoms with E-state index in [0.717, 1.165) is 105 Å². The summed E-state index contributed by atoms with van der Waals surface area (Å²) in [6, 6.07) is 79.0. The van der Waals surface area contributed by atoms with Crippen molar-refractivity contribution in [1.29, 1.82) is 0 Å². The molecule has 0 amide bonds. The lowest BCUT2D eigenvalue weighted by atomic mass is 9.93. The van der Waals surface area contributed by atoms with Crippen molar-refractivity contribution >= 4 is 71.6 Å². The minimum absolute atomic E-state index is 0.829. The molecule has 0 aliphatic rings. The molecule has 0 saturated carbocycles. The summed E-state index contributed by atoms with van der Waals surface area (Å²) in [6.45, 7) is 0. The van der Waals surface area contributed by atoms with Gasteiger partial charge in [-0.25, -0.2) is 9.97 Å². The number of benzene rings is 10. The molecular weight excluding hydrogens is 755 g/mol. The highest BCUT2D eigenvalue weighted by Gasteiger charge is 2.23. The van der Waals surface area contributed by atoms with Gasteiger partial charge in [0, 0.05) is 38.7 Å². The Kier molecular flexibility index (Phi) is 8.46. The Morgan fingerprint density at radius 3 is 1.65 bits per heavy atom. The third-order valence-corrected chi connectivity index (χ3v) is 12.0. The summed E-state index contributed by atoms with van der Waals surface area (Å²) >= 11 is 0. The predicted molar refractivity (Wildman–Crippen MR) is 258 cm³/mol. The number of hydrogen-bond acceptors (Lipinski definition) is 4. The molecule has 290 valence electrons. The Hall–Kier alpha value is -8.34. The van der Waals surface area contributed by atoms with Crippen LogP contribution in [0.5, 0.6) is 0 Å². The minimum Gasteiger partial charge on any atom is -0.454 e. The van der Waals surface area contributed by atoms with Gasteiger partial charge in [0.05, 0.1) is 28.1 Å². The van der Waals surface area contributed by atoms with E-state index in [-0.39, 0.29) is 0 Å². The van der Waals surface area contributed by atoms with E-state index in [2.05, 4.69) is 211 Å². The molecule has 62 heavy (non-hydrogen) atoms. The Labute approximate surface area is 358 Å². The van der Waals surface area contributed by atoms with Crippen molar-refractivity contribution in [3.8, 4) is 44.8 Å². The van der Waals surface area contributed by atoms with Gasteiger partial charge in [-0.3, -0.25) is 0 Å². The van der Waals surface area contributed by atoms with Crippen LogP contribution in [-0.2, 0) is 0 Å². The summed E-state index contributed by atoms with van der Waals surface area (Å²) in [7, 11) is 0. The smallest absolute Gasteiger partial charge is 0.160 e. The summed E-state index contributed by atoms with van der Waals surface area (Å²) in [4.78, 5) is 13.2. The first-order chi connectivity index (χ1) is 30.7. The second-order valence-corrected chi connectivity index (χ2v) is 15.7. The molecule has 12 aromatic rings. The van der Waals surface area contributed by atoms with Crippen LogP contribution in [-0.4, -0.2) is 9.97 Å². The predicted octanol–water partition coefficient (Wildman–Crippen LogP) is 16.0. The van der Waals surface area contributed by atoms with E-state index < -0.39 is 0 Å². The van der Waals surface area contributed by atoms with Gasteiger partial charge in [-0.15, -0.1) is 0 Å². The lowest BCUT2D eigenvalue weighted by Crippen LogP contribution is -2.10. The highest BCUT2D eigenvalue weighted by molar-refractivity contribution is 6.21. The number of anilines is 3. The number of furan rings is 1. The lowest BCUT2D eigenvalue weighted by Gasteiger charge is -2.26. The quantitative estimate of drug-likeness (QED) is 0.151. The number of fused-ring (bicyclic) bond motifs is 8. The van der Waals surface area contributed by atoms with E-state index in [0.29, 0.717) is 0 Å². The minimum atomic E-state index is 0.829. The van der Waals surface area contributed by atoms with Crippen LogP contribution >= 0.6 is 0 Å². The maximum absolute atomic E-state index is 6.92. The van der Waals surface area contributed by atoms with Gasteiger partial charge in [0.25, 0.3) is 0 Å². The molecule has 0 unspecified atom stereocenters. The molecule has 10 aromatic carbocycles. The number of nitrogens with zero attached hydrogens (tertiary/aromatic N) is 3. The second-order valence-electron chi connectivity index (χ2n) is 15.7. The molecule has 4 nitrogen and oxygen atoms in total. The molecule has 0 saturated heterocycles. The number of rotatable bonds is 7. The second kappa shape index (κ2) is 14.7. The summed E-state index contributed by atoms with van der Waals surface area (Å²) in [5.41, 5.74) is 14.8. The molecule has 12 rings (SSSR count). The van der Waals surface area contributed by atoms with Gasteiger partial charge in [-0.05, 0) is 86.9 Å². The zero-order chi connectivity index (χ0) is 41.0. The third kappa shape index (κ3) is 6.00. The molecule has 0 spiro atoms. The Bertz CT molecular complexity index is 3600. The first-order valence-electron chi connectivity index (χ1n) is 21.0. The fourth-order valence-electron chi connectivity index (χ4n) is 9.09. The molecule has 2 heterocycles. The monoisotopic (exact) mass is 791 g/mol. The first-order valence-corrected chi connectivity index (χ1v) is 21.0. The number of aromatic nitrogens is 2. The summed E-state index contributed by atoms with van der Waals surface area (Å²) in [6.07, 6.45) is 0. The van der Waals surface area contributed by atoms with Gasteiger partial charge in [-0.1, -0.05) is 176 Å². The fraction of sp³-hybridized carbons (Fsp3) is 0. The molecule has 0 bridgehead atoms. The van der Waals surface area contributed by atoms with Crippen LogP contribution in [0.3, 0.4) is 0 Å². The Balaban J connectivity index is 1.07. The molecule has 0 aliphatic heterocycles. The number of hydrogen-bond donors (Lipinski definition) is 0. The lowest BCUT2D eigenvalue weighted by molar-refractivity contribution is 0.669. The maximum Gasteiger partial charge on any atom is 0.160 e. The van der Waals surface area contributed by atoms with E-state index in [1.807, 2.05) is 18.2 Å². The largest absolute Gasteiger partial charge is 0.454 e. The van der Waals surface area contributed by atoms with Gasteiger partial charge >= 0.3 is 0 Å². The van der Waals surface area contributed by atoms with E-state index in [1.165, 1.54) is 11.1 Å². The van der Waals surface area contributed by atoms with Gasteiger partial charge < -0.3 is 9.32 Å². The van der Waals surface area contributed by atoms with Gasteiger partial charge in [0.1, 0.15) is 5.58 Å². The highest BCUT2D eigenvalue weighted by Crippen LogP contribution is 2.47. The molecular formula is C58H37N3O. The SMILES string of the molecule is c1ccc(-c2ccc(N(c3ccccc3)c3ccc(-c4ccc5ccc6ccc7nc(-c8ccccc8)c(-c8ccccc8)nc7c6c5c4)c4c3oc3ccccc34)cc2)cc1. The summed E-state index contributed by atoms with van der Waals surface area (Å²) in [5, 5.41) is 6.62. The van der Waals surface area contributed by atoms with Crippen molar-refractivity contribution in [3.63, 3.8) is 0 Å². The fourth-order valence-corrected chi connectivity index (χ4v) is 9.09. The average Bonchev–Trinajstić information content (AvgIpc) is 3.75. The van der Waals surface area contributed by atoms with Crippen molar-refractivity contribution in [1.82, 2.24) is 9.97 Å². The zero-order valence-corrected chi connectivity index (χ0v) is 33.6. The van der Waals surface area contributed by atoms with E-state index in [9.17, 15) is 0 Å². The maximum atomic E-state index is 6.92. The summed E-state index contributed by atoms with van der Waals surface area (Å²) in [5.74, 6) is 0. The summed E-state index contributed by atoms with van der Waals surface area (Å²) < 4.78 is 6.92. The zero-order valence-electron chi connectivity index (χ0n) is 33.6. The van der Waals surface area contributed by atoms with Crippen molar-refractivity contribution in [2.45, 2.75) is 0 Å². The topological polar surface area (TPSA) is 42.2 Å². The molecule has 2 aromatic heterocycles. The van der Waals surface area contributed by atoms with Crippen molar-refractivity contribution in [2.24, 2.45) is 0 Å². The molecule has 0 fully saturated rings. The van der Waals surface area contributed by atoms with Gasteiger partial charge in [0.15, 0.2) is 5.58 Å². The van der Waals surface area contributed by atoms with E-state index >= 15 is 0 Å². The van der Waals surface area contributed by atoms with Crippen LogP contribution in [0.15, 0.2) is 229 Å². The Morgan fingerprint density at radius 2 is 0.919 bits per heavy atom.